The number of thiazole rings is 1. The normalized spacial score (nSPS) is 22.4. The number of nitrogens with one attached hydrogen (secondary N) is 1. The Bertz CT molecular complexity index is 1350. The van der Waals surface area contributed by atoms with E-state index in [1.165, 1.54) is 11.1 Å². The minimum Gasteiger partial charge on any atom is -0.489 e. The fourth-order valence-electron chi connectivity index (χ4n) is 5.60. The molecule has 220 valence electrons. The Labute approximate surface area is 243 Å². The van der Waals surface area contributed by atoms with Crippen molar-refractivity contribution in [3.8, 4) is 16.3 Å². The monoisotopic (exact) mass is 588 g/mol. The highest BCUT2D eigenvalue weighted by Gasteiger charge is 2.31. The van der Waals surface area contributed by atoms with Crippen LogP contribution < -0.4 is 14.4 Å². The van der Waals surface area contributed by atoms with Gasteiger partial charge in [0.2, 0.25) is 10.0 Å². The molecular formula is C30H44N4O4S2. The SMILES string of the molecule is CC=C1C(=C(CC)c2cnc(-c3ccc(OC(C)C)c(N(C)C)c3)s2)CCC1NS(=O)(=O)CCN1CCC(O)C1. The number of benzene rings is 1. The van der Waals surface area contributed by atoms with Crippen LogP contribution in [-0.4, -0.2) is 81.1 Å². The third-order valence-corrected chi connectivity index (χ3v) is 10.0. The predicted octanol–water partition coefficient (Wildman–Crippen LogP) is 4.92. The summed E-state index contributed by atoms with van der Waals surface area (Å²) in [7, 11) is 0.578. The Hall–Kier alpha value is -2.24. The quantitative estimate of drug-likeness (QED) is 0.385. The molecule has 4 rings (SSSR count). The molecule has 1 saturated carbocycles. The molecule has 1 aromatic carbocycles. The van der Waals surface area contributed by atoms with Gasteiger partial charge in [-0.2, -0.15) is 0 Å². The Morgan fingerprint density at radius 2 is 2.10 bits per heavy atom. The molecule has 0 spiro atoms. The van der Waals surface area contributed by atoms with Crippen LogP contribution in [0.15, 0.2) is 41.6 Å². The molecule has 8 nitrogen and oxygen atoms in total. The number of aliphatic hydroxyl groups is 1. The summed E-state index contributed by atoms with van der Waals surface area (Å²) < 4.78 is 34.9. The molecule has 1 saturated heterocycles. The number of nitrogens with zero attached hydrogens (tertiary/aromatic N) is 3. The Morgan fingerprint density at radius 3 is 2.73 bits per heavy atom. The van der Waals surface area contributed by atoms with Crippen LogP contribution in [-0.2, 0) is 10.0 Å². The van der Waals surface area contributed by atoms with E-state index in [1.807, 2.05) is 52.0 Å². The van der Waals surface area contributed by atoms with Crippen LogP contribution >= 0.6 is 11.3 Å². The van der Waals surface area contributed by atoms with E-state index in [0.717, 1.165) is 58.3 Å². The minimum absolute atomic E-state index is 0.0427. The number of likely N-dealkylation sites (tertiary alicyclic amines) is 1. The van der Waals surface area contributed by atoms with Gasteiger partial charge in [-0.15, -0.1) is 11.3 Å². The molecule has 2 N–H and O–H groups in total. The van der Waals surface area contributed by atoms with Crippen molar-refractivity contribution in [3.05, 3.63) is 46.5 Å². The molecule has 2 atom stereocenters. The van der Waals surface area contributed by atoms with Crippen molar-refractivity contribution in [2.24, 2.45) is 0 Å². The first kappa shape index (κ1) is 30.7. The van der Waals surface area contributed by atoms with Crippen LogP contribution in [0.1, 0.15) is 58.3 Å². The average Bonchev–Trinajstić information content (AvgIpc) is 3.64. The molecule has 1 aliphatic heterocycles. The fraction of sp³-hybridized carbons (Fsp3) is 0.567. The maximum Gasteiger partial charge on any atom is 0.213 e. The molecule has 0 radical (unpaired) electrons. The van der Waals surface area contributed by atoms with Crippen LogP contribution in [0.4, 0.5) is 5.69 Å². The van der Waals surface area contributed by atoms with E-state index in [2.05, 4.69) is 34.8 Å². The van der Waals surface area contributed by atoms with Gasteiger partial charge in [0.15, 0.2) is 0 Å². The lowest BCUT2D eigenvalue weighted by atomic mass is 9.99. The first-order valence-electron chi connectivity index (χ1n) is 14.2. The van der Waals surface area contributed by atoms with Crippen LogP contribution in [0.3, 0.4) is 0 Å². The van der Waals surface area contributed by atoms with Gasteiger partial charge in [-0.25, -0.2) is 18.1 Å². The number of allylic oxidation sites excluding steroid dienone is 2. The predicted molar refractivity (Wildman–Crippen MR) is 166 cm³/mol. The van der Waals surface area contributed by atoms with Gasteiger partial charge in [0.1, 0.15) is 10.8 Å². The molecule has 0 bridgehead atoms. The Balaban J connectivity index is 1.53. The summed E-state index contributed by atoms with van der Waals surface area (Å²) in [4.78, 5) is 9.98. The molecule has 10 heteroatoms. The van der Waals surface area contributed by atoms with Gasteiger partial charge >= 0.3 is 0 Å². The Morgan fingerprint density at radius 1 is 1.32 bits per heavy atom. The summed E-state index contributed by atoms with van der Waals surface area (Å²) in [6.07, 6.45) is 6.88. The zero-order chi connectivity index (χ0) is 29.0. The van der Waals surface area contributed by atoms with Gasteiger partial charge in [0.25, 0.3) is 0 Å². The number of anilines is 1. The lowest BCUT2D eigenvalue weighted by molar-refractivity contribution is 0.178. The molecule has 2 aliphatic rings. The van der Waals surface area contributed by atoms with Crippen molar-refractivity contribution >= 4 is 32.6 Å². The average molecular weight is 589 g/mol. The molecule has 2 unspecified atom stereocenters. The maximum atomic E-state index is 13.0. The second-order valence-electron chi connectivity index (χ2n) is 11.1. The zero-order valence-electron chi connectivity index (χ0n) is 24.6. The third kappa shape index (κ3) is 7.33. The van der Waals surface area contributed by atoms with Crippen LogP contribution in [0.25, 0.3) is 16.1 Å². The summed E-state index contributed by atoms with van der Waals surface area (Å²) in [6.45, 7) is 9.93. The number of rotatable bonds is 11. The number of aliphatic hydroxyl groups excluding tert-OH is 1. The van der Waals surface area contributed by atoms with Crippen molar-refractivity contribution in [1.29, 1.82) is 0 Å². The zero-order valence-corrected chi connectivity index (χ0v) is 26.2. The molecule has 0 amide bonds. The van der Waals surface area contributed by atoms with Gasteiger partial charge < -0.3 is 14.7 Å². The number of ether oxygens (including phenoxy) is 1. The lowest BCUT2D eigenvalue weighted by Gasteiger charge is -2.20. The van der Waals surface area contributed by atoms with Gasteiger partial charge in [-0.05, 0) is 81.4 Å². The first-order valence-corrected chi connectivity index (χ1v) is 16.7. The smallest absolute Gasteiger partial charge is 0.213 e. The number of sulfonamides is 1. The highest BCUT2D eigenvalue weighted by Crippen LogP contribution is 2.42. The molecule has 2 fully saturated rings. The molecule has 2 heterocycles. The van der Waals surface area contributed by atoms with Gasteiger partial charge in [0.05, 0.1) is 28.5 Å². The summed E-state index contributed by atoms with van der Waals surface area (Å²) >= 11 is 1.67. The summed E-state index contributed by atoms with van der Waals surface area (Å²) in [6, 6.07) is 5.98. The topological polar surface area (TPSA) is 95.0 Å². The minimum atomic E-state index is -3.45. The first-order chi connectivity index (χ1) is 19.0. The Kier molecular flexibility index (Phi) is 10.1. The largest absolute Gasteiger partial charge is 0.489 e. The van der Waals surface area contributed by atoms with E-state index in [-0.39, 0.29) is 24.0 Å². The highest BCUT2D eigenvalue weighted by atomic mass is 32.2. The second-order valence-corrected chi connectivity index (χ2v) is 14.0. The molecule has 1 aromatic heterocycles. The van der Waals surface area contributed by atoms with Crippen LogP contribution in [0.5, 0.6) is 5.75 Å². The van der Waals surface area contributed by atoms with E-state index in [1.54, 1.807) is 11.3 Å². The van der Waals surface area contributed by atoms with Crippen LogP contribution in [0.2, 0.25) is 0 Å². The number of hydrogen-bond acceptors (Lipinski definition) is 8. The summed E-state index contributed by atoms with van der Waals surface area (Å²) in [5.41, 5.74) is 5.59. The van der Waals surface area contributed by atoms with Crippen molar-refractivity contribution in [2.45, 2.75) is 71.6 Å². The summed E-state index contributed by atoms with van der Waals surface area (Å²) in [5.74, 6) is 0.896. The number of aromatic nitrogens is 1. The number of β-amino-alcohol motifs (C(OH)–C–C–N with tert-alkyl or cyclic N) is 1. The standard InChI is InChI=1S/C30H44N4O4S2/c1-7-23-25(10-11-26(23)32-40(36,37)16-15-34-14-13-22(35)19-34)24(8-2)29-18-31-30(39-29)21-9-12-28(38-20(3)4)27(17-21)33(5)6/h7,9,12,17-18,20,22,26,32,35H,8,10-11,13-16,19H2,1-6H3. The van der Waals surface area contributed by atoms with Crippen LogP contribution in [0, 0.1) is 0 Å². The van der Waals surface area contributed by atoms with E-state index >= 15 is 0 Å². The van der Waals surface area contributed by atoms with E-state index in [0.29, 0.717) is 19.5 Å². The van der Waals surface area contributed by atoms with E-state index in [9.17, 15) is 13.5 Å². The molecule has 2 aromatic rings. The third-order valence-electron chi connectivity index (χ3n) is 7.53. The van der Waals surface area contributed by atoms with E-state index < -0.39 is 10.0 Å². The van der Waals surface area contributed by atoms with E-state index in [4.69, 9.17) is 9.72 Å². The molecular weight excluding hydrogens is 544 g/mol. The molecule has 1 aliphatic carbocycles. The molecule has 40 heavy (non-hydrogen) atoms. The van der Waals surface area contributed by atoms with Gasteiger partial charge in [-0.1, -0.05) is 13.0 Å². The van der Waals surface area contributed by atoms with Crippen molar-refractivity contribution in [1.82, 2.24) is 14.6 Å². The van der Waals surface area contributed by atoms with Gasteiger partial charge in [-0.3, -0.25) is 4.90 Å². The maximum absolute atomic E-state index is 13.0. The van der Waals surface area contributed by atoms with Crippen molar-refractivity contribution in [3.63, 3.8) is 0 Å². The van der Waals surface area contributed by atoms with Crippen molar-refractivity contribution < 1.29 is 18.3 Å². The summed E-state index contributed by atoms with van der Waals surface area (Å²) in [5, 5.41) is 10.7. The second kappa shape index (κ2) is 13.2. The fourth-order valence-corrected chi connectivity index (χ4v) is 7.95. The highest BCUT2D eigenvalue weighted by molar-refractivity contribution is 7.89. The van der Waals surface area contributed by atoms with Gasteiger partial charge in [0, 0.05) is 51.5 Å². The number of hydrogen-bond donors (Lipinski definition) is 2. The van der Waals surface area contributed by atoms with Crippen molar-refractivity contribution in [2.75, 3.05) is 44.4 Å². The lowest BCUT2D eigenvalue weighted by Crippen LogP contribution is -2.39.